The maximum Gasteiger partial charge on any atom is 0.319 e. The molecule has 19 heavy (non-hydrogen) atoms. The van der Waals surface area contributed by atoms with Gasteiger partial charge in [-0.15, -0.1) is 0 Å². The number of amides is 2. The number of nitrogens with one attached hydrogen (secondary N) is 2. The Kier molecular flexibility index (Phi) is 4.20. The first-order valence-corrected chi connectivity index (χ1v) is 6.09. The number of furan rings is 1. The molecule has 2 rings (SSSR count). The van der Waals surface area contributed by atoms with E-state index in [9.17, 15) is 4.79 Å². The molecule has 2 aromatic rings. The minimum absolute atomic E-state index is 0.182. The van der Waals surface area contributed by atoms with Gasteiger partial charge in [-0.1, -0.05) is 12.1 Å². The number of carbonyl (C=O) groups is 1. The summed E-state index contributed by atoms with van der Waals surface area (Å²) in [4.78, 5) is 11.8. The quantitative estimate of drug-likeness (QED) is 0.789. The third-order valence-corrected chi connectivity index (χ3v) is 2.77. The van der Waals surface area contributed by atoms with E-state index in [4.69, 9.17) is 10.2 Å². The van der Waals surface area contributed by atoms with Crippen LogP contribution in [0.15, 0.2) is 47.1 Å². The van der Waals surface area contributed by atoms with Crippen molar-refractivity contribution in [2.24, 2.45) is 5.73 Å². The number of rotatable bonds is 4. The zero-order valence-electron chi connectivity index (χ0n) is 10.7. The predicted octanol–water partition coefficient (Wildman–Crippen LogP) is 2.62. The lowest BCUT2D eigenvalue weighted by Crippen LogP contribution is -2.30. The van der Waals surface area contributed by atoms with Crippen molar-refractivity contribution >= 4 is 11.7 Å². The summed E-state index contributed by atoms with van der Waals surface area (Å²) < 4.78 is 5.22. The first-order chi connectivity index (χ1) is 9.19. The molecule has 1 aromatic heterocycles. The van der Waals surface area contributed by atoms with Crippen LogP contribution in [0, 0.1) is 0 Å². The average molecular weight is 259 g/mol. The molecule has 0 aliphatic heterocycles. The fourth-order valence-electron chi connectivity index (χ4n) is 1.70. The smallest absolute Gasteiger partial charge is 0.319 e. The van der Waals surface area contributed by atoms with Gasteiger partial charge in [0.05, 0.1) is 12.3 Å². The molecule has 100 valence electrons. The minimum Gasteiger partial charge on any atom is -0.467 e. The Morgan fingerprint density at radius 2 is 2.05 bits per heavy atom. The lowest BCUT2D eigenvalue weighted by molar-refractivity contribution is 0.247. The Morgan fingerprint density at radius 3 is 2.63 bits per heavy atom. The summed E-state index contributed by atoms with van der Waals surface area (Å²) in [5, 5.41) is 5.54. The molecular formula is C14H17N3O2. The van der Waals surface area contributed by atoms with Gasteiger partial charge in [0.15, 0.2) is 0 Å². The third-order valence-electron chi connectivity index (χ3n) is 2.77. The molecule has 1 atom stereocenters. The number of nitrogens with two attached hydrogens (primary N) is 1. The van der Waals surface area contributed by atoms with Crippen LogP contribution in [-0.2, 0) is 6.54 Å². The largest absolute Gasteiger partial charge is 0.467 e. The molecule has 0 bridgehead atoms. The number of urea groups is 1. The lowest BCUT2D eigenvalue weighted by Gasteiger charge is -2.12. The van der Waals surface area contributed by atoms with Gasteiger partial charge in [0.1, 0.15) is 5.76 Å². The summed E-state index contributed by atoms with van der Waals surface area (Å²) in [6.07, 6.45) is 1.58. The first-order valence-electron chi connectivity index (χ1n) is 6.09. The van der Waals surface area contributed by atoms with E-state index < -0.39 is 0 Å². The highest BCUT2D eigenvalue weighted by molar-refractivity contribution is 5.89. The number of benzene rings is 1. The second-order valence-electron chi connectivity index (χ2n) is 4.24. The van der Waals surface area contributed by atoms with Gasteiger partial charge >= 0.3 is 6.03 Å². The van der Waals surface area contributed by atoms with Gasteiger partial charge in [0.25, 0.3) is 0 Å². The van der Waals surface area contributed by atoms with E-state index in [0.717, 1.165) is 11.3 Å². The molecule has 0 spiro atoms. The molecule has 0 aliphatic carbocycles. The van der Waals surface area contributed by atoms with Crippen molar-refractivity contribution in [1.82, 2.24) is 5.32 Å². The highest BCUT2D eigenvalue weighted by Crippen LogP contribution is 2.13. The van der Waals surface area contributed by atoms with E-state index in [0.29, 0.717) is 12.3 Å². The summed E-state index contributed by atoms with van der Waals surface area (Å²) >= 11 is 0. The molecule has 5 heteroatoms. The van der Waals surface area contributed by atoms with Gasteiger partial charge in [-0.25, -0.2) is 4.79 Å². The van der Waals surface area contributed by atoms with Crippen molar-refractivity contribution in [2.45, 2.75) is 19.5 Å². The minimum atomic E-state index is -0.274. The lowest BCUT2D eigenvalue weighted by atomic mass is 10.2. The molecule has 4 N–H and O–H groups in total. The molecule has 0 saturated heterocycles. The Labute approximate surface area is 111 Å². The molecule has 1 aromatic carbocycles. The van der Waals surface area contributed by atoms with Crippen LogP contribution < -0.4 is 16.4 Å². The first kappa shape index (κ1) is 13.2. The van der Waals surface area contributed by atoms with E-state index in [2.05, 4.69) is 10.6 Å². The summed E-state index contributed by atoms with van der Waals surface area (Å²) in [6.45, 7) is 2.35. The molecular weight excluding hydrogens is 242 g/mol. The van der Waals surface area contributed by atoms with Crippen LogP contribution in [0.4, 0.5) is 10.5 Å². The molecule has 5 nitrogen and oxygen atoms in total. The van der Waals surface area contributed by atoms with E-state index in [1.165, 1.54) is 0 Å². The molecule has 0 fully saturated rings. The Hall–Kier alpha value is -2.27. The highest BCUT2D eigenvalue weighted by atomic mass is 16.3. The van der Waals surface area contributed by atoms with E-state index in [1.807, 2.05) is 37.3 Å². The molecule has 0 radical (unpaired) electrons. The number of carbonyl (C=O) groups excluding carboxylic acids is 1. The number of hydrogen-bond donors (Lipinski definition) is 3. The monoisotopic (exact) mass is 259 g/mol. The fraction of sp³-hybridized carbons (Fsp3) is 0.214. The fourth-order valence-corrected chi connectivity index (χ4v) is 1.70. The van der Waals surface area contributed by atoms with Gasteiger partial charge in [-0.05, 0) is 36.8 Å². The second-order valence-corrected chi connectivity index (χ2v) is 4.24. The van der Waals surface area contributed by atoms with E-state index in [-0.39, 0.29) is 12.1 Å². The van der Waals surface area contributed by atoms with Crippen molar-refractivity contribution < 1.29 is 9.21 Å². The van der Waals surface area contributed by atoms with E-state index in [1.54, 1.807) is 12.3 Å². The second kappa shape index (κ2) is 6.06. The molecule has 1 heterocycles. The van der Waals surface area contributed by atoms with Crippen molar-refractivity contribution in [2.75, 3.05) is 5.32 Å². The standard InChI is InChI=1S/C14H17N3O2/c1-10(13-3-2-8-19-13)16-14(18)17-12-6-4-11(9-15)5-7-12/h2-8,10H,9,15H2,1H3,(H2,16,17,18). The van der Waals surface area contributed by atoms with Gasteiger partial charge in [0, 0.05) is 12.2 Å². The van der Waals surface area contributed by atoms with Gasteiger partial charge in [-0.2, -0.15) is 0 Å². The number of hydrogen-bond acceptors (Lipinski definition) is 3. The summed E-state index contributed by atoms with van der Waals surface area (Å²) in [5.74, 6) is 0.716. The van der Waals surface area contributed by atoms with Crippen LogP contribution in [0.25, 0.3) is 0 Å². The Balaban J connectivity index is 1.90. The summed E-state index contributed by atoms with van der Waals surface area (Å²) in [7, 11) is 0. The molecule has 0 aliphatic rings. The van der Waals surface area contributed by atoms with Crippen molar-refractivity contribution in [3.63, 3.8) is 0 Å². The van der Waals surface area contributed by atoms with Crippen LogP contribution in [0.2, 0.25) is 0 Å². The molecule has 1 unspecified atom stereocenters. The van der Waals surface area contributed by atoms with Gasteiger partial charge in [-0.3, -0.25) is 0 Å². The topological polar surface area (TPSA) is 80.3 Å². The van der Waals surface area contributed by atoms with Crippen molar-refractivity contribution in [1.29, 1.82) is 0 Å². The zero-order valence-corrected chi connectivity index (χ0v) is 10.7. The normalized spacial score (nSPS) is 11.9. The Bertz CT molecular complexity index is 520. The zero-order chi connectivity index (χ0) is 13.7. The van der Waals surface area contributed by atoms with Crippen LogP contribution >= 0.6 is 0 Å². The van der Waals surface area contributed by atoms with Crippen LogP contribution in [-0.4, -0.2) is 6.03 Å². The van der Waals surface area contributed by atoms with Crippen LogP contribution in [0.3, 0.4) is 0 Å². The van der Waals surface area contributed by atoms with Gasteiger partial charge < -0.3 is 20.8 Å². The summed E-state index contributed by atoms with van der Waals surface area (Å²) in [5.41, 5.74) is 7.26. The van der Waals surface area contributed by atoms with E-state index >= 15 is 0 Å². The van der Waals surface area contributed by atoms with Crippen molar-refractivity contribution in [3.05, 3.63) is 54.0 Å². The van der Waals surface area contributed by atoms with Crippen molar-refractivity contribution in [3.8, 4) is 0 Å². The molecule has 2 amide bonds. The SMILES string of the molecule is CC(NC(=O)Nc1ccc(CN)cc1)c1ccco1. The van der Waals surface area contributed by atoms with Crippen LogP contribution in [0.5, 0.6) is 0 Å². The maximum atomic E-state index is 11.8. The highest BCUT2D eigenvalue weighted by Gasteiger charge is 2.11. The number of anilines is 1. The van der Waals surface area contributed by atoms with Crippen LogP contribution in [0.1, 0.15) is 24.3 Å². The van der Waals surface area contributed by atoms with Gasteiger partial charge in [0.2, 0.25) is 0 Å². The Morgan fingerprint density at radius 1 is 1.32 bits per heavy atom. The average Bonchev–Trinajstić information content (AvgIpc) is 2.93. The maximum absolute atomic E-state index is 11.8. The summed E-state index contributed by atoms with van der Waals surface area (Å²) in [6, 6.07) is 10.6. The third kappa shape index (κ3) is 3.59. The molecule has 0 saturated carbocycles. The predicted molar refractivity (Wildman–Crippen MR) is 73.6 cm³/mol.